The Kier molecular flexibility index (Phi) is 6.78. The summed E-state index contributed by atoms with van der Waals surface area (Å²) >= 11 is 0. The van der Waals surface area contributed by atoms with Gasteiger partial charge in [-0.05, 0) is 54.8 Å². The van der Waals surface area contributed by atoms with Gasteiger partial charge in [0.05, 0.1) is 33.3 Å². The summed E-state index contributed by atoms with van der Waals surface area (Å²) in [6.45, 7) is 10.4. The van der Waals surface area contributed by atoms with Crippen LogP contribution < -0.4 is 19.3 Å². The second kappa shape index (κ2) is 9.88. The van der Waals surface area contributed by atoms with Gasteiger partial charge in [-0.15, -0.1) is 0 Å². The van der Waals surface area contributed by atoms with Crippen molar-refractivity contribution in [3.05, 3.63) is 89.0 Å². The molecule has 1 N–H and O–H groups in total. The standard InChI is InChI=1S/C27H32N2O2/c1-21-8-7-11-25(22(21)2)29-16-14-28(15-17-29)19-24-12-13-26(30-3)27(18-24)31-20-23-9-5-4-6-10-23/h4-13,18H,14-17,19-20H2,1-3H3/p+1. The van der Waals surface area contributed by atoms with Gasteiger partial charge in [0.25, 0.3) is 0 Å². The predicted octanol–water partition coefficient (Wildman–Crippen LogP) is 3.80. The van der Waals surface area contributed by atoms with Gasteiger partial charge in [-0.1, -0.05) is 42.5 Å². The summed E-state index contributed by atoms with van der Waals surface area (Å²) < 4.78 is 11.6. The molecule has 1 aliphatic rings. The van der Waals surface area contributed by atoms with Crippen molar-refractivity contribution in [1.82, 2.24) is 0 Å². The quantitative estimate of drug-likeness (QED) is 0.633. The highest BCUT2D eigenvalue weighted by molar-refractivity contribution is 5.56. The van der Waals surface area contributed by atoms with Gasteiger partial charge in [-0.25, -0.2) is 0 Å². The number of methoxy groups -OCH3 is 1. The topological polar surface area (TPSA) is 26.1 Å². The lowest BCUT2D eigenvalue weighted by molar-refractivity contribution is -0.914. The van der Waals surface area contributed by atoms with E-state index in [9.17, 15) is 0 Å². The molecule has 0 saturated carbocycles. The van der Waals surface area contributed by atoms with Gasteiger partial charge < -0.3 is 19.3 Å². The Bertz CT molecular complexity index is 995. The maximum absolute atomic E-state index is 6.10. The molecule has 0 bridgehead atoms. The molecule has 0 radical (unpaired) electrons. The van der Waals surface area contributed by atoms with Crippen LogP contribution in [0.5, 0.6) is 11.5 Å². The Morgan fingerprint density at radius 1 is 0.839 bits per heavy atom. The summed E-state index contributed by atoms with van der Waals surface area (Å²) in [6.07, 6.45) is 0. The molecule has 0 spiro atoms. The van der Waals surface area contributed by atoms with Crippen molar-refractivity contribution in [2.75, 3.05) is 38.2 Å². The van der Waals surface area contributed by atoms with Crippen LogP contribution in [-0.4, -0.2) is 33.3 Å². The number of benzene rings is 3. The van der Waals surface area contributed by atoms with Crippen LogP contribution in [0.2, 0.25) is 0 Å². The summed E-state index contributed by atoms with van der Waals surface area (Å²) in [5.41, 5.74) is 6.61. The highest BCUT2D eigenvalue weighted by atomic mass is 16.5. The van der Waals surface area contributed by atoms with Crippen molar-refractivity contribution in [2.45, 2.75) is 27.0 Å². The first-order valence-electron chi connectivity index (χ1n) is 11.1. The number of ether oxygens (including phenoxy) is 2. The van der Waals surface area contributed by atoms with Crippen molar-refractivity contribution in [3.63, 3.8) is 0 Å². The van der Waals surface area contributed by atoms with E-state index >= 15 is 0 Å². The van der Waals surface area contributed by atoms with E-state index in [-0.39, 0.29) is 0 Å². The minimum Gasteiger partial charge on any atom is -0.493 e. The highest BCUT2D eigenvalue weighted by Gasteiger charge is 2.22. The summed E-state index contributed by atoms with van der Waals surface area (Å²) in [4.78, 5) is 4.15. The van der Waals surface area contributed by atoms with E-state index in [1.807, 2.05) is 24.3 Å². The SMILES string of the molecule is COc1ccc(C[NH+]2CCN(c3cccc(C)c3C)CC2)cc1OCc1ccccc1. The second-order valence-corrected chi connectivity index (χ2v) is 8.39. The predicted molar refractivity (Wildman–Crippen MR) is 126 cm³/mol. The van der Waals surface area contributed by atoms with Crippen LogP contribution in [0.15, 0.2) is 66.7 Å². The van der Waals surface area contributed by atoms with Gasteiger partial charge in [0.2, 0.25) is 0 Å². The van der Waals surface area contributed by atoms with Gasteiger partial charge in [-0.3, -0.25) is 0 Å². The number of piperazine rings is 1. The molecule has 0 amide bonds. The summed E-state index contributed by atoms with van der Waals surface area (Å²) in [6, 6.07) is 23.2. The Labute approximate surface area is 186 Å². The molecule has 3 aromatic rings. The maximum Gasteiger partial charge on any atom is 0.162 e. The molecule has 1 heterocycles. The lowest BCUT2D eigenvalue weighted by atomic mass is 10.1. The highest BCUT2D eigenvalue weighted by Crippen LogP contribution is 2.29. The molecule has 0 unspecified atom stereocenters. The maximum atomic E-state index is 6.10. The van der Waals surface area contributed by atoms with Crippen LogP contribution in [0.1, 0.15) is 22.3 Å². The lowest BCUT2D eigenvalue weighted by Gasteiger charge is -2.34. The number of rotatable bonds is 7. The largest absolute Gasteiger partial charge is 0.493 e. The third-order valence-electron chi connectivity index (χ3n) is 6.31. The first-order valence-corrected chi connectivity index (χ1v) is 11.1. The van der Waals surface area contributed by atoms with Crippen molar-refractivity contribution in [1.29, 1.82) is 0 Å². The van der Waals surface area contributed by atoms with E-state index in [4.69, 9.17) is 9.47 Å². The van der Waals surface area contributed by atoms with E-state index < -0.39 is 0 Å². The van der Waals surface area contributed by atoms with E-state index in [0.29, 0.717) is 6.61 Å². The van der Waals surface area contributed by atoms with E-state index in [1.165, 1.54) is 22.4 Å². The minimum atomic E-state index is 0.544. The minimum absolute atomic E-state index is 0.544. The van der Waals surface area contributed by atoms with Crippen molar-refractivity contribution in [3.8, 4) is 11.5 Å². The fourth-order valence-electron chi connectivity index (χ4n) is 4.29. The molecular formula is C27H33N2O2+. The smallest absolute Gasteiger partial charge is 0.162 e. The molecule has 1 aliphatic heterocycles. The average molecular weight is 418 g/mol. The second-order valence-electron chi connectivity index (χ2n) is 8.39. The fourth-order valence-corrected chi connectivity index (χ4v) is 4.29. The van der Waals surface area contributed by atoms with Crippen LogP contribution in [0.4, 0.5) is 5.69 Å². The molecule has 4 rings (SSSR count). The Morgan fingerprint density at radius 2 is 1.61 bits per heavy atom. The average Bonchev–Trinajstić information content (AvgIpc) is 2.81. The third kappa shape index (κ3) is 5.20. The van der Waals surface area contributed by atoms with Gasteiger partial charge in [0.1, 0.15) is 13.2 Å². The zero-order valence-corrected chi connectivity index (χ0v) is 18.9. The Hall–Kier alpha value is -2.98. The third-order valence-corrected chi connectivity index (χ3v) is 6.31. The van der Waals surface area contributed by atoms with Crippen molar-refractivity contribution in [2.24, 2.45) is 0 Å². The molecule has 4 heteroatoms. The fraction of sp³-hybridized carbons (Fsp3) is 0.333. The van der Waals surface area contributed by atoms with E-state index in [2.05, 4.69) is 61.2 Å². The molecular weight excluding hydrogens is 384 g/mol. The number of hydrogen-bond donors (Lipinski definition) is 1. The lowest BCUT2D eigenvalue weighted by Crippen LogP contribution is -3.13. The van der Waals surface area contributed by atoms with E-state index in [1.54, 1.807) is 12.0 Å². The molecule has 0 aliphatic carbocycles. The van der Waals surface area contributed by atoms with Gasteiger partial charge >= 0.3 is 0 Å². The van der Waals surface area contributed by atoms with E-state index in [0.717, 1.165) is 49.8 Å². The van der Waals surface area contributed by atoms with Crippen molar-refractivity contribution < 1.29 is 14.4 Å². The zero-order valence-electron chi connectivity index (χ0n) is 18.9. The number of anilines is 1. The van der Waals surface area contributed by atoms with Crippen molar-refractivity contribution >= 4 is 5.69 Å². The molecule has 3 aromatic carbocycles. The number of quaternary nitrogens is 1. The zero-order chi connectivity index (χ0) is 21.6. The first-order chi connectivity index (χ1) is 15.1. The van der Waals surface area contributed by atoms with Crippen LogP contribution in [0.3, 0.4) is 0 Å². The first kappa shape index (κ1) is 21.3. The molecule has 162 valence electrons. The van der Waals surface area contributed by atoms with Crippen LogP contribution in [-0.2, 0) is 13.2 Å². The summed E-state index contributed by atoms with van der Waals surface area (Å²) in [5.74, 6) is 1.60. The molecule has 4 nitrogen and oxygen atoms in total. The number of nitrogens with one attached hydrogen (secondary N) is 1. The van der Waals surface area contributed by atoms with Crippen LogP contribution >= 0.6 is 0 Å². The Morgan fingerprint density at radius 3 is 2.35 bits per heavy atom. The molecule has 31 heavy (non-hydrogen) atoms. The Balaban J connectivity index is 1.38. The molecule has 0 aromatic heterocycles. The summed E-state index contributed by atoms with van der Waals surface area (Å²) in [5, 5.41) is 0. The normalized spacial score (nSPS) is 14.5. The number of nitrogens with zero attached hydrogens (tertiary/aromatic N) is 1. The summed E-state index contributed by atoms with van der Waals surface area (Å²) in [7, 11) is 1.70. The van der Waals surface area contributed by atoms with Gasteiger partial charge in [-0.2, -0.15) is 0 Å². The molecule has 1 saturated heterocycles. The monoisotopic (exact) mass is 417 g/mol. The van der Waals surface area contributed by atoms with Crippen LogP contribution in [0.25, 0.3) is 0 Å². The van der Waals surface area contributed by atoms with Crippen LogP contribution in [0, 0.1) is 13.8 Å². The van der Waals surface area contributed by atoms with Gasteiger partial charge in [0, 0.05) is 11.3 Å². The number of hydrogen-bond acceptors (Lipinski definition) is 3. The number of aryl methyl sites for hydroxylation is 1. The molecule has 0 atom stereocenters. The van der Waals surface area contributed by atoms with Gasteiger partial charge in [0.15, 0.2) is 11.5 Å². The molecule has 1 fully saturated rings.